The van der Waals surface area contributed by atoms with Crippen LogP contribution in [0.1, 0.15) is 25.3 Å². The number of imidazole rings is 1. The van der Waals surface area contributed by atoms with Crippen LogP contribution in [0.25, 0.3) is 11.0 Å². The number of aromatic amines is 1. The summed E-state index contributed by atoms with van der Waals surface area (Å²) in [5, 5.41) is 2.93. The number of likely N-dealkylation sites (tertiary alicyclic amines) is 1. The van der Waals surface area contributed by atoms with Crippen molar-refractivity contribution in [1.82, 2.24) is 14.9 Å². The van der Waals surface area contributed by atoms with Crippen LogP contribution in [0.15, 0.2) is 54.9 Å². The van der Waals surface area contributed by atoms with E-state index in [1.54, 1.807) is 19.3 Å². The number of carbonyl (C=O) groups excluding carboxylic acids is 2. The molecule has 0 bridgehead atoms. The molecule has 2 heterocycles. The van der Waals surface area contributed by atoms with E-state index in [0.717, 1.165) is 23.0 Å². The van der Waals surface area contributed by atoms with Gasteiger partial charge >= 0.3 is 6.09 Å². The lowest BCUT2D eigenvalue weighted by molar-refractivity contribution is -0.125. The Morgan fingerprint density at radius 3 is 2.89 bits per heavy atom. The third kappa shape index (κ3) is 3.43. The molecule has 1 unspecified atom stereocenters. The number of amides is 2. The molecule has 0 radical (unpaired) electrons. The van der Waals surface area contributed by atoms with Gasteiger partial charge in [0.25, 0.3) is 0 Å². The maximum Gasteiger partial charge on any atom is 0.410 e. The Labute approximate surface area is 162 Å². The summed E-state index contributed by atoms with van der Waals surface area (Å²) in [7, 11) is 0. The van der Waals surface area contributed by atoms with Crippen LogP contribution in [0, 0.1) is 0 Å². The van der Waals surface area contributed by atoms with Crippen molar-refractivity contribution in [3.05, 3.63) is 60.4 Å². The van der Waals surface area contributed by atoms with Gasteiger partial charge in [-0.1, -0.05) is 30.3 Å². The van der Waals surface area contributed by atoms with E-state index in [1.807, 2.05) is 42.5 Å². The minimum Gasteiger partial charge on any atom is -0.445 e. The summed E-state index contributed by atoms with van der Waals surface area (Å²) >= 11 is 0. The van der Waals surface area contributed by atoms with Gasteiger partial charge in [-0.3, -0.25) is 9.69 Å². The SMILES string of the molecule is CC1(C(=O)Nc2ccc3nc[nH]c3c2)CCCN1C(=O)OCc1ccccc1. The largest absolute Gasteiger partial charge is 0.445 e. The van der Waals surface area contributed by atoms with Crippen LogP contribution in [-0.4, -0.2) is 39.0 Å². The monoisotopic (exact) mass is 378 g/mol. The number of nitrogens with one attached hydrogen (secondary N) is 2. The number of ether oxygens (including phenoxy) is 1. The van der Waals surface area contributed by atoms with Crippen molar-refractivity contribution in [2.75, 3.05) is 11.9 Å². The molecule has 7 heteroatoms. The lowest BCUT2D eigenvalue weighted by Gasteiger charge is -2.33. The molecule has 1 saturated heterocycles. The van der Waals surface area contributed by atoms with Crippen molar-refractivity contribution < 1.29 is 14.3 Å². The highest BCUT2D eigenvalue weighted by Crippen LogP contribution is 2.31. The molecule has 28 heavy (non-hydrogen) atoms. The van der Waals surface area contributed by atoms with Crippen LogP contribution in [0.2, 0.25) is 0 Å². The summed E-state index contributed by atoms with van der Waals surface area (Å²) in [4.78, 5) is 34.4. The van der Waals surface area contributed by atoms with E-state index >= 15 is 0 Å². The summed E-state index contributed by atoms with van der Waals surface area (Å²) in [5.74, 6) is -0.222. The summed E-state index contributed by atoms with van der Waals surface area (Å²) in [6.45, 7) is 2.47. The first-order chi connectivity index (χ1) is 13.6. The van der Waals surface area contributed by atoms with E-state index in [-0.39, 0.29) is 12.5 Å². The zero-order valence-electron chi connectivity index (χ0n) is 15.6. The second-order valence-electron chi connectivity index (χ2n) is 7.16. The first kappa shape index (κ1) is 18.0. The number of nitrogens with zero attached hydrogens (tertiary/aromatic N) is 2. The fourth-order valence-corrected chi connectivity index (χ4v) is 3.57. The molecule has 1 atom stereocenters. The molecule has 4 rings (SSSR count). The highest BCUT2D eigenvalue weighted by atomic mass is 16.6. The molecule has 7 nitrogen and oxygen atoms in total. The van der Waals surface area contributed by atoms with Gasteiger partial charge in [0.05, 0.1) is 17.4 Å². The van der Waals surface area contributed by atoms with Gasteiger partial charge in [0.2, 0.25) is 5.91 Å². The maximum absolute atomic E-state index is 13.0. The maximum atomic E-state index is 13.0. The average molecular weight is 378 g/mol. The molecule has 0 aliphatic carbocycles. The quantitative estimate of drug-likeness (QED) is 0.725. The Balaban J connectivity index is 1.45. The van der Waals surface area contributed by atoms with Gasteiger partial charge in [-0.05, 0) is 43.5 Å². The van der Waals surface area contributed by atoms with Crippen LogP contribution < -0.4 is 5.32 Å². The number of fused-ring (bicyclic) bond motifs is 1. The van der Waals surface area contributed by atoms with Crippen molar-refractivity contribution in [3.8, 4) is 0 Å². The summed E-state index contributed by atoms with van der Waals surface area (Å²) in [6, 6.07) is 15.0. The zero-order chi connectivity index (χ0) is 19.6. The highest BCUT2D eigenvalue weighted by molar-refractivity contribution is 6.01. The first-order valence-corrected chi connectivity index (χ1v) is 9.29. The molecule has 2 aromatic carbocycles. The molecule has 1 aromatic heterocycles. The number of hydrogen-bond donors (Lipinski definition) is 2. The number of anilines is 1. The molecule has 2 amide bonds. The normalized spacial score (nSPS) is 19.0. The molecule has 0 saturated carbocycles. The van der Waals surface area contributed by atoms with Crippen LogP contribution in [0.4, 0.5) is 10.5 Å². The predicted molar refractivity (Wildman–Crippen MR) is 106 cm³/mol. The van der Waals surface area contributed by atoms with Crippen molar-refractivity contribution in [2.45, 2.75) is 31.9 Å². The van der Waals surface area contributed by atoms with Crippen LogP contribution in [-0.2, 0) is 16.1 Å². The highest BCUT2D eigenvalue weighted by Gasteiger charge is 2.46. The second-order valence-corrected chi connectivity index (χ2v) is 7.16. The van der Waals surface area contributed by atoms with Crippen LogP contribution in [0.5, 0.6) is 0 Å². The van der Waals surface area contributed by atoms with E-state index in [4.69, 9.17) is 4.74 Å². The zero-order valence-corrected chi connectivity index (χ0v) is 15.6. The van der Waals surface area contributed by atoms with Crippen molar-refractivity contribution in [3.63, 3.8) is 0 Å². The van der Waals surface area contributed by atoms with Crippen LogP contribution >= 0.6 is 0 Å². The standard InChI is InChI=1S/C21H22N4O3/c1-21(19(26)24-16-8-9-17-18(12-16)23-14-22-17)10-5-11-25(21)20(27)28-13-15-6-3-2-4-7-15/h2-4,6-9,12,14H,5,10-11,13H2,1H3,(H,22,23)(H,24,26). The lowest BCUT2D eigenvalue weighted by Crippen LogP contribution is -2.53. The molecule has 0 spiro atoms. The Hall–Kier alpha value is -3.35. The van der Waals surface area contributed by atoms with E-state index < -0.39 is 11.6 Å². The molecule has 1 aliphatic heterocycles. The van der Waals surface area contributed by atoms with Crippen LogP contribution in [0.3, 0.4) is 0 Å². The van der Waals surface area contributed by atoms with Gasteiger partial charge < -0.3 is 15.0 Å². The number of aromatic nitrogens is 2. The van der Waals surface area contributed by atoms with Crippen molar-refractivity contribution in [1.29, 1.82) is 0 Å². The number of hydrogen-bond acceptors (Lipinski definition) is 4. The van der Waals surface area contributed by atoms with Crippen molar-refractivity contribution in [2.24, 2.45) is 0 Å². The Morgan fingerprint density at radius 1 is 1.25 bits per heavy atom. The van der Waals surface area contributed by atoms with E-state index in [2.05, 4.69) is 15.3 Å². The Morgan fingerprint density at radius 2 is 2.07 bits per heavy atom. The Bertz CT molecular complexity index is 1000. The molecular weight excluding hydrogens is 356 g/mol. The molecule has 144 valence electrons. The minimum atomic E-state index is -0.948. The van der Waals surface area contributed by atoms with Gasteiger partial charge in [0.15, 0.2) is 0 Å². The Kier molecular flexibility index (Phi) is 4.73. The fourth-order valence-electron chi connectivity index (χ4n) is 3.57. The first-order valence-electron chi connectivity index (χ1n) is 9.29. The third-order valence-corrected chi connectivity index (χ3v) is 5.23. The van der Waals surface area contributed by atoms with Gasteiger partial charge in [-0.15, -0.1) is 0 Å². The predicted octanol–water partition coefficient (Wildman–Crippen LogP) is 3.69. The van der Waals surface area contributed by atoms with Gasteiger partial charge in [-0.25, -0.2) is 9.78 Å². The third-order valence-electron chi connectivity index (χ3n) is 5.23. The number of H-pyrrole nitrogens is 1. The lowest BCUT2D eigenvalue weighted by atomic mass is 9.97. The van der Waals surface area contributed by atoms with E-state index in [9.17, 15) is 9.59 Å². The number of carbonyl (C=O) groups is 2. The number of benzene rings is 2. The summed E-state index contributed by atoms with van der Waals surface area (Å²) in [6.07, 6.45) is 2.48. The van der Waals surface area contributed by atoms with E-state index in [0.29, 0.717) is 18.7 Å². The van der Waals surface area contributed by atoms with Gasteiger partial charge in [0.1, 0.15) is 12.1 Å². The molecule has 1 aliphatic rings. The molecular formula is C21H22N4O3. The number of rotatable bonds is 4. The average Bonchev–Trinajstić information content (AvgIpc) is 3.33. The molecule has 2 N–H and O–H groups in total. The molecule has 1 fully saturated rings. The smallest absolute Gasteiger partial charge is 0.410 e. The van der Waals surface area contributed by atoms with E-state index in [1.165, 1.54) is 4.90 Å². The van der Waals surface area contributed by atoms with Gasteiger partial charge in [-0.2, -0.15) is 0 Å². The van der Waals surface area contributed by atoms with Gasteiger partial charge in [0, 0.05) is 12.2 Å². The van der Waals surface area contributed by atoms with Crippen molar-refractivity contribution >= 4 is 28.7 Å². The second kappa shape index (κ2) is 7.34. The summed E-state index contributed by atoms with van der Waals surface area (Å²) in [5.41, 5.74) is 2.29. The topological polar surface area (TPSA) is 87.3 Å². The minimum absolute atomic E-state index is 0.185. The molecule has 3 aromatic rings. The summed E-state index contributed by atoms with van der Waals surface area (Å²) < 4.78 is 5.45. The fraction of sp³-hybridized carbons (Fsp3) is 0.286.